The topological polar surface area (TPSA) is 89.1 Å². The van der Waals surface area contributed by atoms with E-state index in [1.165, 1.54) is 0 Å². The third kappa shape index (κ3) is 2.95. The average molecular weight is 395 g/mol. The Bertz CT molecular complexity index is 1080. The highest BCUT2D eigenvalue weighted by Gasteiger charge is 2.34. The van der Waals surface area contributed by atoms with Crippen molar-refractivity contribution in [3.05, 3.63) is 57.4 Å². The van der Waals surface area contributed by atoms with Gasteiger partial charge in [0.05, 0.1) is 5.57 Å². The van der Waals surface area contributed by atoms with Crippen LogP contribution in [0.25, 0.3) is 11.4 Å². The fraction of sp³-hybridized carbons (Fsp3) is 0.250. The zero-order valence-electron chi connectivity index (χ0n) is 16.2. The molecular weight excluding hydrogens is 372 g/mol. The standard InChI is InChI=1S/C20H22N6OS/c1-11-9-10-28-17(11)16-15(18(21)27)12(2)22-20-23-19(24-26(16)20)13-5-7-14(8-6-13)25(3)4/h5-10,16H,1-4H3,(H2,21,27)(H,22,23,24). The second-order valence-electron chi connectivity index (χ2n) is 7.04. The molecule has 7 nitrogen and oxygen atoms in total. The van der Waals surface area contributed by atoms with Crippen LogP contribution in [0.4, 0.5) is 11.6 Å². The normalized spacial score (nSPS) is 15.9. The lowest BCUT2D eigenvalue weighted by Gasteiger charge is -2.27. The Morgan fingerprint density at radius 1 is 1.21 bits per heavy atom. The highest BCUT2D eigenvalue weighted by Crippen LogP contribution is 2.39. The number of aryl methyl sites for hydroxylation is 1. The molecule has 0 saturated carbocycles. The number of nitrogens with zero attached hydrogens (tertiary/aromatic N) is 4. The maximum absolute atomic E-state index is 12.2. The van der Waals surface area contributed by atoms with Gasteiger partial charge in [0, 0.05) is 35.9 Å². The van der Waals surface area contributed by atoms with Crippen LogP contribution in [0.1, 0.15) is 23.4 Å². The number of fused-ring (bicyclic) bond motifs is 1. The Morgan fingerprint density at radius 3 is 2.50 bits per heavy atom. The molecule has 1 aliphatic rings. The first-order valence-corrected chi connectivity index (χ1v) is 9.80. The Kier molecular flexibility index (Phi) is 4.43. The Morgan fingerprint density at radius 2 is 1.93 bits per heavy atom. The number of thiophene rings is 1. The summed E-state index contributed by atoms with van der Waals surface area (Å²) in [6, 6.07) is 9.71. The number of nitrogens with two attached hydrogens (primary N) is 1. The van der Waals surface area contributed by atoms with Crippen LogP contribution >= 0.6 is 11.3 Å². The van der Waals surface area contributed by atoms with Gasteiger partial charge in [0.15, 0.2) is 5.82 Å². The van der Waals surface area contributed by atoms with Crippen molar-refractivity contribution in [1.82, 2.24) is 14.8 Å². The molecule has 0 saturated heterocycles. The van der Waals surface area contributed by atoms with E-state index >= 15 is 0 Å². The maximum Gasteiger partial charge on any atom is 0.248 e. The van der Waals surface area contributed by atoms with Crippen LogP contribution in [0.5, 0.6) is 0 Å². The van der Waals surface area contributed by atoms with E-state index in [1.54, 1.807) is 16.0 Å². The summed E-state index contributed by atoms with van der Waals surface area (Å²) in [6.07, 6.45) is 0. The van der Waals surface area contributed by atoms with E-state index < -0.39 is 5.91 Å². The molecule has 0 spiro atoms. The van der Waals surface area contributed by atoms with Crippen molar-refractivity contribution in [3.8, 4) is 11.4 Å². The number of primary amides is 1. The molecule has 3 N–H and O–H groups in total. The molecule has 1 aromatic carbocycles. The van der Waals surface area contributed by atoms with E-state index in [1.807, 2.05) is 68.6 Å². The molecule has 8 heteroatoms. The number of benzene rings is 1. The summed E-state index contributed by atoms with van der Waals surface area (Å²) in [4.78, 5) is 20.0. The van der Waals surface area contributed by atoms with Gasteiger partial charge in [-0.15, -0.1) is 16.4 Å². The van der Waals surface area contributed by atoms with Crippen molar-refractivity contribution in [2.75, 3.05) is 24.3 Å². The van der Waals surface area contributed by atoms with Crippen molar-refractivity contribution in [1.29, 1.82) is 0 Å². The molecule has 4 rings (SSSR count). The van der Waals surface area contributed by atoms with Gasteiger partial charge in [0.25, 0.3) is 0 Å². The minimum atomic E-state index is -0.458. The Labute approximate surface area is 167 Å². The summed E-state index contributed by atoms with van der Waals surface area (Å²) in [6.45, 7) is 3.87. The van der Waals surface area contributed by atoms with Crippen molar-refractivity contribution < 1.29 is 4.79 Å². The fourth-order valence-corrected chi connectivity index (χ4v) is 4.43. The summed E-state index contributed by atoms with van der Waals surface area (Å²) in [7, 11) is 4.00. The van der Waals surface area contributed by atoms with Gasteiger partial charge in [-0.2, -0.15) is 4.98 Å². The van der Waals surface area contributed by atoms with Gasteiger partial charge in [-0.1, -0.05) is 0 Å². The number of aromatic nitrogens is 3. The van der Waals surface area contributed by atoms with E-state index in [2.05, 4.69) is 10.3 Å². The minimum absolute atomic E-state index is 0.379. The number of nitrogens with one attached hydrogen (secondary N) is 1. The maximum atomic E-state index is 12.2. The zero-order valence-corrected chi connectivity index (χ0v) is 17.0. The molecule has 144 valence electrons. The molecule has 1 unspecified atom stereocenters. The monoisotopic (exact) mass is 394 g/mol. The molecule has 1 aliphatic heterocycles. The van der Waals surface area contributed by atoms with Gasteiger partial charge in [0.2, 0.25) is 11.9 Å². The number of hydrogen-bond donors (Lipinski definition) is 2. The number of carbonyl (C=O) groups is 1. The van der Waals surface area contributed by atoms with E-state index in [9.17, 15) is 4.79 Å². The van der Waals surface area contributed by atoms with Crippen LogP contribution in [-0.4, -0.2) is 34.8 Å². The fourth-order valence-electron chi connectivity index (χ4n) is 3.41. The van der Waals surface area contributed by atoms with Crippen LogP contribution in [0.3, 0.4) is 0 Å². The molecule has 0 radical (unpaired) electrons. The highest BCUT2D eigenvalue weighted by molar-refractivity contribution is 7.10. The summed E-state index contributed by atoms with van der Waals surface area (Å²) in [5.41, 5.74) is 10.1. The SMILES string of the molecule is CC1=C(C(N)=O)C(c2sccc2C)n2nc(-c3ccc(N(C)C)cc3)nc2N1. The van der Waals surface area contributed by atoms with Gasteiger partial charge in [0.1, 0.15) is 6.04 Å². The molecule has 0 bridgehead atoms. The van der Waals surface area contributed by atoms with E-state index in [0.717, 1.165) is 21.7 Å². The number of anilines is 2. The van der Waals surface area contributed by atoms with E-state index in [-0.39, 0.29) is 6.04 Å². The summed E-state index contributed by atoms with van der Waals surface area (Å²) in [5.74, 6) is 0.748. The lowest BCUT2D eigenvalue weighted by molar-refractivity contribution is -0.115. The zero-order chi connectivity index (χ0) is 20.0. The average Bonchev–Trinajstić information content (AvgIpc) is 3.26. The van der Waals surface area contributed by atoms with Crippen LogP contribution in [0.15, 0.2) is 47.0 Å². The molecule has 2 aromatic heterocycles. The summed E-state index contributed by atoms with van der Waals surface area (Å²) < 4.78 is 1.76. The van der Waals surface area contributed by atoms with Gasteiger partial charge in [-0.05, 0) is 55.1 Å². The Balaban J connectivity index is 1.82. The van der Waals surface area contributed by atoms with Crippen LogP contribution in [0.2, 0.25) is 0 Å². The first kappa shape index (κ1) is 18.2. The smallest absolute Gasteiger partial charge is 0.248 e. The molecular formula is C20H22N6OS. The second kappa shape index (κ2) is 6.79. The Hall–Kier alpha value is -3.13. The predicted octanol–water partition coefficient (Wildman–Crippen LogP) is 3.16. The highest BCUT2D eigenvalue weighted by atomic mass is 32.1. The second-order valence-corrected chi connectivity index (χ2v) is 7.99. The van der Waals surface area contributed by atoms with Crippen molar-refractivity contribution in [3.63, 3.8) is 0 Å². The first-order chi connectivity index (χ1) is 13.4. The van der Waals surface area contributed by atoms with Crippen molar-refractivity contribution in [2.45, 2.75) is 19.9 Å². The van der Waals surface area contributed by atoms with Gasteiger partial charge < -0.3 is 16.0 Å². The molecule has 0 fully saturated rings. The van der Waals surface area contributed by atoms with Crippen molar-refractivity contribution in [2.24, 2.45) is 5.73 Å². The van der Waals surface area contributed by atoms with Crippen LogP contribution in [-0.2, 0) is 4.79 Å². The van der Waals surface area contributed by atoms with Crippen LogP contribution in [0, 0.1) is 6.92 Å². The van der Waals surface area contributed by atoms with Crippen molar-refractivity contribution >= 4 is 28.9 Å². The lowest BCUT2D eigenvalue weighted by atomic mass is 9.99. The van der Waals surface area contributed by atoms with Gasteiger partial charge in [-0.3, -0.25) is 4.79 Å². The van der Waals surface area contributed by atoms with Gasteiger partial charge in [-0.25, -0.2) is 4.68 Å². The van der Waals surface area contributed by atoms with Gasteiger partial charge >= 0.3 is 0 Å². The number of hydrogen-bond acceptors (Lipinski definition) is 6. The quantitative estimate of drug-likeness (QED) is 0.710. The predicted molar refractivity (Wildman–Crippen MR) is 112 cm³/mol. The first-order valence-electron chi connectivity index (χ1n) is 8.92. The molecule has 1 amide bonds. The molecule has 1 atom stereocenters. The number of amides is 1. The lowest BCUT2D eigenvalue weighted by Crippen LogP contribution is -2.31. The molecule has 3 heterocycles. The van der Waals surface area contributed by atoms with E-state index in [4.69, 9.17) is 10.8 Å². The van der Waals surface area contributed by atoms with E-state index in [0.29, 0.717) is 23.0 Å². The molecule has 28 heavy (non-hydrogen) atoms. The summed E-state index contributed by atoms with van der Waals surface area (Å²) >= 11 is 1.59. The molecule has 0 aliphatic carbocycles. The largest absolute Gasteiger partial charge is 0.378 e. The van der Waals surface area contributed by atoms with Crippen LogP contribution < -0.4 is 16.0 Å². The third-order valence-corrected chi connectivity index (χ3v) is 5.98. The number of allylic oxidation sites excluding steroid dienone is 1. The number of rotatable bonds is 4. The molecule has 3 aromatic rings. The minimum Gasteiger partial charge on any atom is -0.378 e. The summed E-state index contributed by atoms with van der Waals surface area (Å²) in [5, 5.41) is 9.93. The number of carbonyl (C=O) groups excluding carboxylic acids is 1. The third-order valence-electron chi connectivity index (χ3n) is 4.91.